The van der Waals surface area contributed by atoms with Crippen LogP contribution in [0.5, 0.6) is 0 Å². The summed E-state index contributed by atoms with van der Waals surface area (Å²) in [4.78, 5) is 0. The summed E-state index contributed by atoms with van der Waals surface area (Å²) in [7, 11) is 0. The zero-order valence-electron chi connectivity index (χ0n) is 7.77. The summed E-state index contributed by atoms with van der Waals surface area (Å²) in [5, 5.41) is 10.1. The standard InChI is InChI=1S/C12H14O/c1-2-12(13)10-7-8-5-3-4-6-9(8)11(10)12/h3-6,8-11,13H,2H2,1H3. The normalized spacial score (nSPS) is 56.2. The number of hydrogen-bond acceptors (Lipinski definition) is 1. The minimum atomic E-state index is -0.406. The average molecular weight is 174 g/mol. The van der Waals surface area contributed by atoms with Crippen molar-refractivity contribution >= 4 is 0 Å². The molecule has 0 spiro atoms. The van der Waals surface area contributed by atoms with Gasteiger partial charge in [0.2, 0.25) is 0 Å². The highest BCUT2D eigenvalue weighted by atomic mass is 16.3. The Labute approximate surface area is 79.2 Å². The molecule has 0 aromatic heterocycles. The average Bonchev–Trinajstić information content (AvgIpc) is 2.60. The Morgan fingerprint density at radius 3 is 2.92 bits per heavy atom. The van der Waals surface area contributed by atoms with Crippen LogP contribution in [-0.2, 0) is 0 Å². The summed E-state index contributed by atoms with van der Waals surface area (Å²) in [5.74, 6) is 1.82. The van der Waals surface area contributed by atoms with Gasteiger partial charge in [-0.15, -0.1) is 0 Å². The fourth-order valence-electron chi connectivity index (χ4n) is 3.06. The van der Waals surface area contributed by atoms with Gasteiger partial charge in [-0.1, -0.05) is 31.2 Å². The molecule has 0 aliphatic heterocycles. The van der Waals surface area contributed by atoms with Crippen molar-refractivity contribution in [2.24, 2.45) is 23.7 Å². The fourth-order valence-corrected chi connectivity index (χ4v) is 3.06. The summed E-state index contributed by atoms with van der Waals surface area (Å²) in [5.41, 5.74) is -0.406. The molecule has 1 heteroatoms. The highest BCUT2D eigenvalue weighted by molar-refractivity contribution is 5.34. The van der Waals surface area contributed by atoms with Gasteiger partial charge < -0.3 is 5.11 Å². The monoisotopic (exact) mass is 174 g/mol. The van der Waals surface area contributed by atoms with Crippen LogP contribution in [0.4, 0.5) is 0 Å². The summed E-state index contributed by atoms with van der Waals surface area (Å²) in [6.45, 7) is 2.07. The number of fused-ring (bicyclic) bond motifs is 3. The van der Waals surface area contributed by atoms with E-state index in [9.17, 15) is 5.11 Å². The van der Waals surface area contributed by atoms with Crippen molar-refractivity contribution in [2.45, 2.75) is 18.9 Å². The molecule has 0 bridgehead atoms. The Hall–Kier alpha value is -0.560. The molecule has 0 heterocycles. The highest BCUT2D eigenvalue weighted by Gasteiger charge is 2.70. The Balaban J connectivity index is 1.87. The first-order valence-electron chi connectivity index (χ1n) is 5.11. The van der Waals surface area contributed by atoms with Gasteiger partial charge in [0.05, 0.1) is 5.60 Å². The number of hydrogen-bond donors (Lipinski definition) is 1. The van der Waals surface area contributed by atoms with Crippen LogP contribution >= 0.6 is 0 Å². The SMILES string of the molecule is CCC1(O)C2[C]C3C=CC=CC3C21. The minimum Gasteiger partial charge on any atom is -0.389 e. The molecule has 3 aliphatic carbocycles. The van der Waals surface area contributed by atoms with Crippen LogP contribution in [0.15, 0.2) is 24.3 Å². The molecule has 0 amide bonds. The van der Waals surface area contributed by atoms with Gasteiger partial charge in [0.15, 0.2) is 0 Å². The third kappa shape index (κ3) is 0.812. The molecule has 0 aromatic rings. The summed E-state index contributed by atoms with van der Waals surface area (Å²) < 4.78 is 0. The minimum absolute atomic E-state index is 0.347. The van der Waals surface area contributed by atoms with Gasteiger partial charge in [0.1, 0.15) is 0 Å². The first kappa shape index (κ1) is 7.81. The van der Waals surface area contributed by atoms with Crippen LogP contribution in [-0.4, -0.2) is 10.7 Å². The van der Waals surface area contributed by atoms with E-state index >= 15 is 0 Å². The third-order valence-electron chi connectivity index (χ3n) is 3.90. The molecule has 13 heavy (non-hydrogen) atoms. The fraction of sp³-hybridized carbons (Fsp3) is 0.583. The maximum absolute atomic E-state index is 10.1. The zero-order chi connectivity index (χ0) is 9.05. The van der Waals surface area contributed by atoms with Crippen LogP contribution < -0.4 is 0 Å². The van der Waals surface area contributed by atoms with Gasteiger partial charge in [-0.2, -0.15) is 0 Å². The maximum atomic E-state index is 10.1. The van der Waals surface area contributed by atoms with E-state index in [0.717, 1.165) is 6.42 Å². The lowest BCUT2D eigenvalue weighted by atomic mass is 9.84. The van der Waals surface area contributed by atoms with Crippen molar-refractivity contribution < 1.29 is 5.11 Å². The van der Waals surface area contributed by atoms with Gasteiger partial charge in [-0.05, 0) is 24.7 Å². The second-order valence-corrected chi connectivity index (χ2v) is 4.39. The van der Waals surface area contributed by atoms with Crippen molar-refractivity contribution in [2.75, 3.05) is 0 Å². The van der Waals surface area contributed by atoms with Crippen molar-refractivity contribution in [1.29, 1.82) is 0 Å². The van der Waals surface area contributed by atoms with Crippen LogP contribution in [0.1, 0.15) is 13.3 Å². The van der Waals surface area contributed by atoms with E-state index in [-0.39, 0.29) is 0 Å². The largest absolute Gasteiger partial charge is 0.389 e. The Morgan fingerprint density at radius 2 is 2.15 bits per heavy atom. The molecule has 3 aliphatic rings. The van der Waals surface area contributed by atoms with E-state index in [1.807, 2.05) is 0 Å². The van der Waals surface area contributed by atoms with E-state index in [2.05, 4.69) is 37.6 Å². The molecule has 2 saturated carbocycles. The van der Waals surface area contributed by atoms with Crippen molar-refractivity contribution in [1.82, 2.24) is 0 Å². The van der Waals surface area contributed by atoms with Crippen molar-refractivity contribution in [3.63, 3.8) is 0 Å². The number of allylic oxidation sites excluding steroid dienone is 4. The van der Waals surface area contributed by atoms with Gasteiger partial charge >= 0.3 is 0 Å². The molecule has 5 unspecified atom stereocenters. The lowest BCUT2D eigenvalue weighted by Crippen LogP contribution is -2.23. The first-order chi connectivity index (χ1) is 6.27. The molecule has 2 fully saturated rings. The molecule has 0 saturated heterocycles. The molecule has 1 N–H and O–H groups in total. The lowest BCUT2D eigenvalue weighted by molar-refractivity contribution is 0.0971. The molecule has 3 rings (SSSR count). The Bertz CT molecular complexity index is 291. The van der Waals surface area contributed by atoms with E-state index < -0.39 is 5.60 Å². The second-order valence-electron chi connectivity index (χ2n) is 4.39. The predicted molar refractivity (Wildman–Crippen MR) is 50.7 cm³/mol. The second kappa shape index (κ2) is 2.27. The molecular formula is C12H14O. The smallest absolute Gasteiger partial charge is 0.0720 e. The van der Waals surface area contributed by atoms with Crippen molar-refractivity contribution in [3.05, 3.63) is 30.7 Å². The summed E-state index contributed by atoms with van der Waals surface area (Å²) in [6, 6.07) is 0. The molecule has 68 valence electrons. The number of aliphatic hydroxyl groups is 1. The zero-order valence-corrected chi connectivity index (χ0v) is 7.77. The van der Waals surface area contributed by atoms with Crippen LogP contribution in [0.2, 0.25) is 0 Å². The summed E-state index contributed by atoms with van der Waals surface area (Å²) >= 11 is 0. The van der Waals surface area contributed by atoms with Crippen LogP contribution in [0.3, 0.4) is 0 Å². The van der Waals surface area contributed by atoms with E-state index in [4.69, 9.17) is 0 Å². The molecule has 0 aromatic carbocycles. The molecule has 1 nitrogen and oxygen atoms in total. The highest BCUT2D eigenvalue weighted by Crippen LogP contribution is 2.66. The topological polar surface area (TPSA) is 20.2 Å². The van der Waals surface area contributed by atoms with E-state index in [1.54, 1.807) is 0 Å². The van der Waals surface area contributed by atoms with Gasteiger partial charge in [0, 0.05) is 11.8 Å². The van der Waals surface area contributed by atoms with E-state index in [1.165, 1.54) is 0 Å². The van der Waals surface area contributed by atoms with Crippen molar-refractivity contribution in [3.8, 4) is 0 Å². The van der Waals surface area contributed by atoms with Gasteiger partial charge in [-0.3, -0.25) is 0 Å². The molecular weight excluding hydrogens is 160 g/mol. The first-order valence-corrected chi connectivity index (χ1v) is 5.11. The van der Waals surface area contributed by atoms with Gasteiger partial charge in [0.25, 0.3) is 0 Å². The predicted octanol–water partition coefficient (Wildman–Crippen LogP) is 1.83. The number of rotatable bonds is 1. The van der Waals surface area contributed by atoms with Crippen LogP contribution in [0, 0.1) is 30.1 Å². The Kier molecular flexibility index (Phi) is 1.36. The molecule has 5 atom stereocenters. The quantitative estimate of drug-likeness (QED) is 0.643. The molecule has 2 radical (unpaired) electrons. The Morgan fingerprint density at radius 1 is 1.38 bits per heavy atom. The summed E-state index contributed by atoms with van der Waals surface area (Å²) in [6.07, 6.45) is 13.0. The van der Waals surface area contributed by atoms with Gasteiger partial charge in [-0.25, -0.2) is 0 Å². The third-order valence-corrected chi connectivity index (χ3v) is 3.90. The lowest BCUT2D eigenvalue weighted by Gasteiger charge is -2.23. The van der Waals surface area contributed by atoms with Crippen LogP contribution in [0.25, 0.3) is 0 Å². The van der Waals surface area contributed by atoms with E-state index in [0.29, 0.717) is 23.7 Å². The maximum Gasteiger partial charge on any atom is 0.0720 e.